The van der Waals surface area contributed by atoms with Crippen molar-refractivity contribution in [2.75, 3.05) is 0 Å². The van der Waals surface area contributed by atoms with Crippen molar-refractivity contribution < 1.29 is 14.0 Å². The van der Waals surface area contributed by atoms with Gasteiger partial charge in [0.25, 0.3) is 0 Å². The summed E-state index contributed by atoms with van der Waals surface area (Å²) in [5.41, 5.74) is 4.92. The van der Waals surface area contributed by atoms with Gasteiger partial charge in [0.15, 0.2) is 0 Å². The summed E-state index contributed by atoms with van der Waals surface area (Å²) in [4.78, 5) is 0. The van der Waals surface area contributed by atoms with E-state index in [0.29, 0.717) is 5.56 Å². The van der Waals surface area contributed by atoms with Crippen LogP contribution in [0.2, 0.25) is 0 Å². The summed E-state index contributed by atoms with van der Waals surface area (Å²) < 4.78 is 67.4. The fourth-order valence-corrected chi connectivity index (χ4v) is 6.44. The maximum Gasteiger partial charge on any atom is 0.136 e. The number of hydrogen-bond acceptors (Lipinski definition) is 1. The van der Waals surface area contributed by atoms with Crippen LogP contribution in [-0.2, 0) is 0 Å². The predicted molar refractivity (Wildman–Crippen MR) is 183 cm³/mol. The van der Waals surface area contributed by atoms with Crippen molar-refractivity contribution in [3.63, 3.8) is 0 Å². The molecule has 0 N–H and O–H groups in total. The average Bonchev–Trinajstić information content (AvgIpc) is 3.56. The van der Waals surface area contributed by atoms with Crippen LogP contribution in [0.25, 0.3) is 87.6 Å². The minimum absolute atomic E-state index is 0.0140. The number of fused-ring (bicyclic) bond motifs is 6. The number of para-hydroxylation sites is 1. The van der Waals surface area contributed by atoms with Gasteiger partial charge in [0.2, 0.25) is 0 Å². The van der Waals surface area contributed by atoms with E-state index >= 15 is 0 Å². The molecule has 0 spiro atoms. The highest BCUT2D eigenvalue weighted by Crippen LogP contribution is 2.46. The molecule has 200 valence electrons. The zero-order valence-corrected chi connectivity index (χ0v) is 22.9. The fourth-order valence-electron chi connectivity index (χ4n) is 6.44. The van der Waals surface area contributed by atoms with Crippen molar-refractivity contribution >= 4 is 54.3 Å². The number of hydrogen-bond donors (Lipinski definition) is 0. The number of benzene rings is 8. The molecule has 0 aliphatic rings. The largest absolute Gasteiger partial charge is 0.456 e. The Balaban J connectivity index is 1.41. The predicted octanol–water partition coefficient (Wildman–Crippen LogP) is 12.0. The van der Waals surface area contributed by atoms with Crippen LogP contribution in [0.4, 0.5) is 0 Å². The Kier molecular flexibility index (Phi) is 3.95. The van der Waals surface area contributed by atoms with E-state index in [1.54, 1.807) is 0 Å². The van der Waals surface area contributed by atoms with Gasteiger partial charge in [-0.15, -0.1) is 0 Å². The van der Waals surface area contributed by atoms with E-state index in [2.05, 4.69) is 54.6 Å². The van der Waals surface area contributed by atoms with Crippen LogP contribution in [0.5, 0.6) is 0 Å². The summed E-state index contributed by atoms with van der Waals surface area (Å²) in [6.45, 7) is 0. The third kappa shape index (κ3) is 3.72. The molecule has 0 aliphatic heterocycles. The van der Waals surface area contributed by atoms with Crippen LogP contribution in [0, 0.1) is 0 Å². The molecule has 0 bridgehead atoms. The summed E-state index contributed by atoms with van der Waals surface area (Å²) in [6.07, 6.45) is 0. The van der Waals surface area contributed by atoms with Crippen LogP contribution in [0.15, 0.2) is 162 Å². The van der Waals surface area contributed by atoms with E-state index < -0.39 is 12.1 Å². The summed E-state index contributed by atoms with van der Waals surface area (Å²) >= 11 is 0. The van der Waals surface area contributed by atoms with Crippen LogP contribution >= 0.6 is 0 Å². The van der Waals surface area contributed by atoms with Gasteiger partial charge in [-0.3, -0.25) is 0 Å². The molecule has 0 radical (unpaired) electrons. The lowest BCUT2D eigenvalue weighted by Gasteiger charge is -2.19. The highest BCUT2D eigenvalue weighted by Gasteiger charge is 2.19. The topological polar surface area (TPSA) is 13.1 Å². The highest BCUT2D eigenvalue weighted by molar-refractivity contribution is 6.22. The molecular weight excluding hydrogens is 520 g/mol. The van der Waals surface area contributed by atoms with Gasteiger partial charge in [0.1, 0.15) is 11.2 Å². The second-order valence-electron chi connectivity index (χ2n) is 10.7. The molecule has 0 unspecified atom stereocenters. The Labute approximate surface area is 259 Å². The van der Waals surface area contributed by atoms with Gasteiger partial charge in [-0.25, -0.2) is 0 Å². The standard InChI is InChI=1S/C42H26O/c1-2-12-27(13-3-1)38-25-30(24-28-14-4-5-15-31(28)38)42-36-19-8-6-17-34(36)41(35-18-7-9-20-37(35)42)29-22-23-33-32-16-10-11-21-39(32)43-40(33)26-29/h1-26H/i10D,11D,16D,21D,22D,23D,26D. The number of rotatable bonds is 3. The van der Waals surface area contributed by atoms with Gasteiger partial charge >= 0.3 is 0 Å². The van der Waals surface area contributed by atoms with E-state index in [4.69, 9.17) is 11.3 Å². The van der Waals surface area contributed by atoms with E-state index in [1.807, 2.05) is 60.7 Å². The third-order valence-electron chi connectivity index (χ3n) is 8.30. The van der Waals surface area contributed by atoms with Crippen molar-refractivity contribution in [3.05, 3.63) is 158 Å². The summed E-state index contributed by atoms with van der Waals surface area (Å²) in [6, 6.07) is 36.8. The van der Waals surface area contributed by atoms with E-state index in [9.17, 15) is 2.74 Å². The Morgan fingerprint density at radius 3 is 1.72 bits per heavy atom. The maximum atomic E-state index is 9.46. The van der Waals surface area contributed by atoms with Crippen LogP contribution in [0.1, 0.15) is 9.60 Å². The maximum absolute atomic E-state index is 9.46. The molecular formula is C42H26O. The Bertz CT molecular complexity index is 2840. The molecule has 1 nitrogen and oxygen atoms in total. The van der Waals surface area contributed by atoms with E-state index in [1.165, 1.54) is 0 Å². The molecule has 8 aromatic carbocycles. The molecule has 0 fully saturated rings. The minimum atomic E-state index is -0.456. The lowest BCUT2D eigenvalue weighted by molar-refractivity contribution is 0.669. The number of furan rings is 1. The molecule has 1 aromatic heterocycles. The van der Waals surface area contributed by atoms with Gasteiger partial charge < -0.3 is 4.42 Å². The Hall–Kier alpha value is -5.66. The summed E-state index contributed by atoms with van der Waals surface area (Å²) in [7, 11) is 0. The molecule has 0 amide bonds. The smallest absolute Gasteiger partial charge is 0.136 e. The van der Waals surface area contributed by atoms with Crippen LogP contribution < -0.4 is 0 Å². The SMILES string of the molecule is [2H]c1c([2H])c([2H])c2c(oc3c([2H])c(-c4c5ccccc5c(-c5cc(-c6ccccc6)c6ccccc6c5)c5ccccc45)c([2H])c([2H])c32)c1[2H]. The van der Waals surface area contributed by atoms with Gasteiger partial charge in [-0.1, -0.05) is 127 Å². The zero-order valence-electron chi connectivity index (χ0n) is 29.9. The second-order valence-corrected chi connectivity index (χ2v) is 10.7. The van der Waals surface area contributed by atoms with E-state index in [-0.39, 0.29) is 57.7 Å². The van der Waals surface area contributed by atoms with Crippen molar-refractivity contribution in [1.82, 2.24) is 0 Å². The highest BCUT2D eigenvalue weighted by atomic mass is 16.3. The zero-order chi connectivity index (χ0) is 34.4. The van der Waals surface area contributed by atoms with Gasteiger partial charge in [-0.05, 0) is 96.0 Å². The Morgan fingerprint density at radius 2 is 1.00 bits per heavy atom. The molecule has 9 aromatic rings. The van der Waals surface area contributed by atoms with Gasteiger partial charge in [0, 0.05) is 10.8 Å². The van der Waals surface area contributed by atoms with Crippen molar-refractivity contribution in [3.8, 4) is 33.4 Å². The first-order chi connectivity index (χ1) is 24.3. The fraction of sp³-hybridized carbons (Fsp3) is 0. The molecule has 1 heteroatoms. The minimum Gasteiger partial charge on any atom is -0.456 e. The van der Waals surface area contributed by atoms with Gasteiger partial charge in [-0.2, -0.15) is 0 Å². The van der Waals surface area contributed by atoms with Crippen LogP contribution in [-0.4, -0.2) is 0 Å². The van der Waals surface area contributed by atoms with Gasteiger partial charge in [0.05, 0.1) is 9.60 Å². The third-order valence-corrected chi connectivity index (χ3v) is 8.30. The molecule has 0 atom stereocenters. The second kappa shape index (κ2) is 9.44. The Morgan fingerprint density at radius 1 is 0.419 bits per heavy atom. The van der Waals surface area contributed by atoms with Crippen molar-refractivity contribution in [1.29, 1.82) is 0 Å². The molecule has 0 saturated carbocycles. The summed E-state index contributed by atoms with van der Waals surface area (Å²) in [5, 5.41) is 5.75. The molecule has 0 aliphatic carbocycles. The lowest BCUT2D eigenvalue weighted by atomic mass is 9.84. The van der Waals surface area contributed by atoms with Crippen molar-refractivity contribution in [2.24, 2.45) is 0 Å². The molecule has 9 rings (SSSR count). The van der Waals surface area contributed by atoms with E-state index in [0.717, 1.165) is 54.6 Å². The first kappa shape index (κ1) is 18.0. The summed E-state index contributed by atoms with van der Waals surface area (Å²) in [5.74, 6) is 0. The van der Waals surface area contributed by atoms with Crippen LogP contribution in [0.3, 0.4) is 0 Å². The first-order valence-corrected chi connectivity index (χ1v) is 14.2. The van der Waals surface area contributed by atoms with Crippen molar-refractivity contribution in [2.45, 2.75) is 0 Å². The molecule has 43 heavy (non-hydrogen) atoms. The monoisotopic (exact) mass is 553 g/mol. The average molecular weight is 554 g/mol. The molecule has 0 saturated heterocycles. The lowest BCUT2D eigenvalue weighted by Crippen LogP contribution is -1.92. The normalized spacial score (nSPS) is 14.0. The first-order valence-electron chi connectivity index (χ1n) is 17.7. The quantitative estimate of drug-likeness (QED) is 0.198. The molecule has 1 heterocycles.